The maximum atomic E-state index is 14.1. The number of nitrogens with zero attached hydrogens (tertiary/aromatic N) is 3. The molecular weight excluding hydrogens is 380 g/mol. The highest BCUT2D eigenvalue weighted by atomic mass is 32.1. The van der Waals surface area contributed by atoms with Crippen LogP contribution in [0.15, 0.2) is 66.9 Å². The Balaban J connectivity index is 1.72. The van der Waals surface area contributed by atoms with E-state index in [1.165, 1.54) is 11.0 Å². The number of thiazole rings is 1. The van der Waals surface area contributed by atoms with E-state index in [0.717, 1.165) is 23.0 Å². The Morgan fingerprint density at radius 3 is 2.57 bits per heavy atom. The topological polar surface area (TPSA) is 46.1 Å². The number of carbonyl (C=O) groups is 1. The summed E-state index contributed by atoms with van der Waals surface area (Å²) in [4.78, 5) is 23.0. The summed E-state index contributed by atoms with van der Waals surface area (Å²) in [6.07, 6.45) is 1.81. The number of hydrogen-bond acceptors (Lipinski definition) is 4. The third-order valence-electron chi connectivity index (χ3n) is 4.18. The number of anilines is 1. The minimum atomic E-state index is -0.745. The molecule has 0 aliphatic rings. The fraction of sp³-hybridized carbons (Fsp3) is 0.0952. The zero-order valence-electron chi connectivity index (χ0n) is 14.7. The van der Waals surface area contributed by atoms with E-state index in [4.69, 9.17) is 0 Å². The van der Waals surface area contributed by atoms with Crippen LogP contribution in [0.4, 0.5) is 13.9 Å². The van der Waals surface area contributed by atoms with E-state index >= 15 is 0 Å². The van der Waals surface area contributed by atoms with Crippen molar-refractivity contribution in [2.75, 3.05) is 4.90 Å². The molecule has 0 unspecified atom stereocenters. The summed E-state index contributed by atoms with van der Waals surface area (Å²) in [7, 11) is 0. The van der Waals surface area contributed by atoms with Crippen LogP contribution < -0.4 is 4.90 Å². The maximum absolute atomic E-state index is 14.1. The maximum Gasteiger partial charge on any atom is 0.233 e. The Morgan fingerprint density at radius 2 is 1.82 bits per heavy atom. The van der Waals surface area contributed by atoms with Crippen LogP contribution in [0, 0.1) is 11.6 Å². The van der Waals surface area contributed by atoms with Crippen molar-refractivity contribution in [2.24, 2.45) is 0 Å². The zero-order valence-corrected chi connectivity index (χ0v) is 15.5. The summed E-state index contributed by atoms with van der Waals surface area (Å²) in [6, 6.07) is 16.8. The van der Waals surface area contributed by atoms with Crippen molar-refractivity contribution in [1.29, 1.82) is 0 Å². The molecule has 0 aliphatic heterocycles. The first-order valence-corrected chi connectivity index (χ1v) is 9.41. The van der Waals surface area contributed by atoms with E-state index in [2.05, 4.69) is 9.97 Å². The predicted molar refractivity (Wildman–Crippen MR) is 105 cm³/mol. The second-order valence-electron chi connectivity index (χ2n) is 6.19. The third-order valence-corrected chi connectivity index (χ3v) is 5.20. The van der Waals surface area contributed by atoms with Crippen LogP contribution in [0.2, 0.25) is 0 Å². The van der Waals surface area contributed by atoms with Crippen LogP contribution in [0.25, 0.3) is 10.2 Å². The Bertz CT molecular complexity index is 1120. The van der Waals surface area contributed by atoms with Crippen molar-refractivity contribution in [3.8, 4) is 0 Å². The molecule has 0 aliphatic carbocycles. The quantitative estimate of drug-likeness (QED) is 0.490. The number of amides is 1. The van der Waals surface area contributed by atoms with E-state index in [1.807, 2.05) is 36.4 Å². The summed E-state index contributed by atoms with van der Waals surface area (Å²) in [6.45, 7) is 0.191. The Kier molecular flexibility index (Phi) is 5.08. The van der Waals surface area contributed by atoms with Crippen molar-refractivity contribution in [2.45, 2.75) is 13.0 Å². The van der Waals surface area contributed by atoms with Gasteiger partial charge >= 0.3 is 0 Å². The number of rotatable bonds is 5. The van der Waals surface area contributed by atoms with E-state index in [9.17, 15) is 13.6 Å². The van der Waals surface area contributed by atoms with Gasteiger partial charge in [-0.2, -0.15) is 0 Å². The van der Waals surface area contributed by atoms with Crippen LogP contribution in [-0.4, -0.2) is 15.9 Å². The van der Waals surface area contributed by atoms with Gasteiger partial charge in [-0.3, -0.25) is 14.7 Å². The van der Waals surface area contributed by atoms with Gasteiger partial charge in [-0.05, 0) is 23.8 Å². The molecule has 0 bridgehead atoms. The molecule has 0 saturated carbocycles. The fourth-order valence-electron chi connectivity index (χ4n) is 2.84. The molecule has 0 N–H and O–H groups in total. The molecule has 1 amide bonds. The fourth-order valence-corrected chi connectivity index (χ4v) is 3.86. The molecule has 0 atom stereocenters. The van der Waals surface area contributed by atoms with Gasteiger partial charge in [-0.25, -0.2) is 13.8 Å². The largest absolute Gasteiger partial charge is 0.282 e. The molecule has 0 spiro atoms. The smallest absolute Gasteiger partial charge is 0.233 e. The highest BCUT2D eigenvalue weighted by Crippen LogP contribution is 2.32. The molecule has 4 aromatic rings. The van der Waals surface area contributed by atoms with Crippen LogP contribution >= 0.6 is 11.3 Å². The summed E-state index contributed by atoms with van der Waals surface area (Å²) in [5.74, 6) is -1.62. The van der Waals surface area contributed by atoms with Gasteiger partial charge < -0.3 is 0 Å². The Hall–Kier alpha value is -3.19. The zero-order chi connectivity index (χ0) is 19.5. The number of carbonyl (C=O) groups excluding carboxylic acids is 1. The van der Waals surface area contributed by atoms with Crippen molar-refractivity contribution < 1.29 is 13.6 Å². The average Bonchev–Trinajstić information content (AvgIpc) is 3.11. The molecule has 4 rings (SSSR count). The van der Waals surface area contributed by atoms with Gasteiger partial charge in [0.15, 0.2) is 10.9 Å². The lowest BCUT2D eigenvalue weighted by Crippen LogP contribution is -2.32. The Morgan fingerprint density at radius 1 is 1.04 bits per heavy atom. The first kappa shape index (κ1) is 18.2. The number of hydrogen-bond donors (Lipinski definition) is 0. The van der Waals surface area contributed by atoms with Crippen LogP contribution in [0.3, 0.4) is 0 Å². The lowest BCUT2D eigenvalue weighted by atomic mass is 10.1. The van der Waals surface area contributed by atoms with E-state index < -0.39 is 11.6 Å². The lowest BCUT2D eigenvalue weighted by molar-refractivity contribution is -0.118. The van der Waals surface area contributed by atoms with Crippen LogP contribution in [-0.2, 0) is 17.8 Å². The van der Waals surface area contributed by atoms with Gasteiger partial charge in [0.25, 0.3) is 0 Å². The highest BCUT2D eigenvalue weighted by Gasteiger charge is 2.22. The summed E-state index contributed by atoms with van der Waals surface area (Å²) < 4.78 is 28.0. The molecule has 2 heterocycles. The summed E-state index contributed by atoms with van der Waals surface area (Å²) in [5, 5.41) is 0.311. The SMILES string of the molecule is O=C(Cc1ccccc1)N(Cc1ccccn1)c1nc2c(F)cc(F)cc2s1. The number of fused-ring (bicyclic) bond motifs is 1. The van der Waals surface area contributed by atoms with Crippen LogP contribution in [0.1, 0.15) is 11.3 Å². The molecule has 7 heteroatoms. The predicted octanol–water partition coefficient (Wildman–Crippen LogP) is 4.75. The number of halogens is 2. The first-order chi connectivity index (χ1) is 13.6. The van der Waals surface area contributed by atoms with Gasteiger partial charge in [0.1, 0.15) is 11.3 Å². The van der Waals surface area contributed by atoms with Crippen molar-refractivity contribution >= 4 is 32.6 Å². The number of pyridine rings is 1. The molecule has 140 valence electrons. The molecule has 4 nitrogen and oxygen atoms in total. The minimum Gasteiger partial charge on any atom is -0.282 e. The van der Waals surface area contributed by atoms with E-state index in [1.54, 1.807) is 18.3 Å². The first-order valence-electron chi connectivity index (χ1n) is 8.60. The van der Waals surface area contributed by atoms with Gasteiger partial charge in [0.2, 0.25) is 5.91 Å². The number of aromatic nitrogens is 2. The van der Waals surface area contributed by atoms with Crippen molar-refractivity contribution in [3.63, 3.8) is 0 Å². The van der Waals surface area contributed by atoms with Crippen LogP contribution in [0.5, 0.6) is 0 Å². The van der Waals surface area contributed by atoms with Crippen molar-refractivity contribution in [1.82, 2.24) is 9.97 Å². The third kappa shape index (κ3) is 3.89. The monoisotopic (exact) mass is 395 g/mol. The standard InChI is InChI=1S/C21H15F2N3OS/c22-15-11-17(23)20-18(12-15)28-21(25-20)26(13-16-8-4-5-9-24-16)19(27)10-14-6-2-1-3-7-14/h1-9,11-12H,10,13H2. The van der Waals surface area contributed by atoms with Gasteiger partial charge in [0, 0.05) is 12.3 Å². The van der Waals surface area contributed by atoms with Gasteiger partial charge in [-0.15, -0.1) is 0 Å². The summed E-state index contributed by atoms with van der Waals surface area (Å²) >= 11 is 1.08. The minimum absolute atomic E-state index is 0.0555. The molecule has 28 heavy (non-hydrogen) atoms. The second-order valence-corrected chi connectivity index (χ2v) is 7.20. The molecule has 0 fully saturated rings. The number of benzene rings is 2. The molecule has 0 radical (unpaired) electrons. The highest BCUT2D eigenvalue weighted by molar-refractivity contribution is 7.22. The molecular formula is C21H15F2N3OS. The van der Waals surface area contributed by atoms with Crippen molar-refractivity contribution in [3.05, 3.63) is 89.8 Å². The van der Waals surface area contributed by atoms with E-state index in [0.29, 0.717) is 15.5 Å². The normalized spacial score (nSPS) is 10.9. The molecule has 0 saturated heterocycles. The molecule has 2 aromatic heterocycles. The Labute approximate surface area is 164 Å². The van der Waals surface area contributed by atoms with Gasteiger partial charge in [-0.1, -0.05) is 47.7 Å². The molecule has 2 aromatic carbocycles. The average molecular weight is 395 g/mol. The lowest BCUT2D eigenvalue weighted by Gasteiger charge is -2.19. The second kappa shape index (κ2) is 7.82. The van der Waals surface area contributed by atoms with E-state index in [-0.39, 0.29) is 24.4 Å². The van der Waals surface area contributed by atoms with Gasteiger partial charge in [0.05, 0.1) is 23.4 Å². The summed E-state index contributed by atoms with van der Waals surface area (Å²) in [5.41, 5.74) is 1.59.